The van der Waals surface area contributed by atoms with Gasteiger partial charge in [-0.2, -0.15) is 0 Å². The quantitative estimate of drug-likeness (QED) is 0.722. The Bertz CT molecular complexity index is 587. The lowest BCUT2D eigenvalue weighted by Crippen LogP contribution is -2.25. The molecule has 2 aromatic rings. The smallest absolute Gasteiger partial charge is 0.220 e. The van der Waals surface area contributed by atoms with Crippen molar-refractivity contribution >= 4 is 21.8 Å². The maximum Gasteiger partial charge on any atom is 0.220 e. The van der Waals surface area contributed by atoms with E-state index in [4.69, 9.17) is 4.74 Å². The number of ether oxygens (including phenoxy) is 1. The molecule has 0 aromatic heterocycles. The molecule has 1 N–H and O–H groups in total. The normalized spacial score (nSPS) is 10.2. The Kier molecular flexibility index (Phi) is 6.97. The molecule has 3 nitrogen and oxygen atoms in total. The minimum absolute atomic E-state index is 0.0776. The molecule has 0 spiro atoms. The minimum Gasteiger partial charge on any atom is -0.494 e. The first-order chi connectivity index (χ1) is 10.7. The lowest BCUT2D eigenvalue weighted by Gasteiger charge is -2.07. The van der Waals surface area contributed by atoms with Crippen LogP contribution in [-0.2, 0) is 11.2 Å². The summed E-state index contributed by atoms with van der Waals surface area (Å²) in [6.07, 6.45) is 2.06. The van der Waals surface area contributed by atoms with E-state index < -0.39 is 0 Å². The third-order valence-electron chi connectivity index (χ3n) is 3.19. The Balaban J connectivity index is 1.56. The van der Waals surface area contributed by atoms with Gasteiger partial charge in [0.1, 0.15) is 5.75 Å². The highest BCUT2D eigenvalue weighted by molar-refractivity contribution is 9.10. The van der Waals surface area contributed by atoms with Gasteiger partial charge in [-0.25, -0.2) is 0 Å². The van der Waals surface area contributed by atoms with Crippen molar-refractivity contribution in [3.8, 4) is 5.75 Å². The van der Waals surface area contributed by atoms with Gasteiger partial charge in [-0.3, -0.25) is 4.79 Å². The molecule has 0 heterocycles. The Morgan fingerprint density at radius 3 is 2.68 bits per heavy atom. The monoisotopic (exact) mass is 361 g/mol. The van der Waals surface area contributed by atoms with Crippen LogP contribution < -0.4 is 10.1 Å². The minimum atomic E-state index is 0.0776. The van der Waals surface area contributed by atoms with Crippen molar-refractivity contribution in [3.05, 3.63) is 64.6 Å². The molecular weight excluding hydrogens is 342 g/mol. The highest BCUT2D eigenvalue weighted by Gasteiger charge is 2.01. The number of nitrogens with one attached hydrogen (secondary N) is 1. The maximum absolute atomic E-state index is 11.7. The SMILES string of the molecule is O=C(CCCOc1cccc(Br)c1)NCCc1ccccc1. The van der Waals surface area contributed by atoms with E-state index in [9.17, 15) is 4.79 Å². The van der Waals surface area contributed by atoms with Gasteiger partial charge in [0.25, 0.3) is 0 Å². The Morgan fingerprint density at radius 2 is 1.91 bits per heavy atom. The summed E-state index contributed by atoms with van der Waals surface area (Å²) < 4.78 is 6.59. The summed E-state index contributed by atoms with van der Waals surface area (Å²) in [5.41, 5.74) is 1.24. The van der Waals surface area contributed by atoms with Crippen molar-refractivity contribution in [2.45, 2.75) is 19.3 Å². The van der Waals surface area contributed by atoms with Gasteiger partial charge < -0.3 is 10.1 Å². The van der Waals surface area contributed by atoms with E-state index in [0.717, 1.165) is 16.6 Å². The van der Waals surface area contributed by atoms with Crippen molar-refractivity contribution in [2.24, 2.45) is 0 Å². The third-order valence-corrected chi connectivity index (χ3v) is 3.68. The van der Waals surface area contributed by atoms with Crippen LogP contribution >= 0.6 is 15.9 Å². The molecule has 0 atom stereocenters. The molecule has 0 aliphatic carbocycles. The van der Waals surface area contributed by atoms with Gasteiger partial charge >= 0.3 is 0 Å². The predicted octanol–water partition coefficient (Wildman–Crippen LogP) is 3.97. The van der Waals surface area contributed by atoms with Gasteiger partial charge in [-0.1, -0.05) is 52.3 Å². The number of carbonyl (C=O) groups is 1. The van der Waals surface area contributed by atoms with Crippen molar-refractivity contribution in [1.82, 2.24) is 5.32 Å². The molecule has 0 radical (unpaired) electrons. The van der Waals surface area contributed by atoms with Crippen LogP contribution in [0.15, 0.2) is 59.1 Å². The van der Waals surface area contributed by atoms with Crippen LogP contribution in [0.25, 0.3) is 0 Å². The summed E-state index contributed by atoms with van der Waals surface area (Å²) >= 11 is 3.40. The van der Waals surface area contributed by atoms with Crippen LogP contribution in [0.2, 0.25) is 0 Å². The predicted molar refractivity (Wildman–Crippen MR) is 92.0 cm³/mol. The lowest BCUT2D eigenvalue weighted by molar-refractivity contribution is -0.121. The molecule has 0 saturated heterocycles. The summed E-state index contributed by atoms with van der Waals surface area (Å²) in [6.45, 7) is 1.22. The molecule has 4 heteroatoms. The van der Waals surface area contributed by atoms with E-state index in [1.165, 1.54) is 5.56 Å². The zero-order chi connectivity index (χ0) is 15.6. The fourth-order valence-corrected chi connectivity index (χ4v) is 2.44. The summed E-state index contributed by atoms with van der Waals surface area (Å²) in [4.78, 5) is 11.7. The Hall–Kier alpha value is -1.81. The third kappa shape index (κ3) is 6.31. The first-order valence-corrected chi connectivity index (χ1v) is 8.22. The largest absolute Gasteiger partial charge is 0.494 e. The van der Waals surface area contributed by atoms with Gasteiger partial charge in [0.05, 0.1) is 6.61 Å². The number of hydrogen-bond donors (Lipinski definition) is 1. The molecule has 0 saturated carbocycles. The molecule has 2 aromatic carbocycles. The lowest BCUT2D eigenvalue weighted by atomic mass is 10.1. The second-order valence-corrected chi connectivity index (χ2v) is 5.91. The number of halogens is 1. The zero-order valence-corrected chi connectivity index (χ0v) is 14.0. The van der Waals surface area contributed by atoms with Crippen LogP contribution in [0.3, 0.4) is 0 Å². The average Bonchev–Trinajstić information content (AvgIpc) is 2.53. The molecule has 1 amide bonds. The molecule has 0 bridgehead atoms. The molecular formula is C18H20BrNO2. The van der Waals surface area contributed by atoms with Crippen LogP contribution in [0.4, 0.5) is 0 Å². The van der Waals surface area contributed by atoms with E-state index in [2.05, 4.69) is 33.4 Å². The van der Waals surface area contributed by atoms with Gasteiger partial charge in [-0.15, -0.1) is 0 Å². The van der Waals surface area contributed by atoms with Gasteiger partial charge in [-0.05, 0) is 36.6 Å². The highest BCUT2D eigenvalue weighted by atomic mass is 79.9. The summed E-state index contributed by atoms with van der Waals surface area (Å²) in [5.74, 6) is 0.896. The standard InChI is InChI=1S/C18H20BrNO2/c19-16-8-4-9-17(14-16)22-13-5-10-18(21)20-12-11-15-6-2-1-3-7-15/h1-4,6-9,14H,5,10-13H2,(H,20,21). The molecule has 116 valence electrons. The molecule has 22 heavy (non-hydrogen) atoms. The molecule has 0 unspecified atom stereocenters. The van der Waals surface area contributed by atoms with E-state index >= 15 is 0 Å². The average molecular weight is 362 g/mol. The fourth-order valence-electron chi connectivity index (χ4n) is 2.06. The molecule has 0 fully saturated rings. The van der Waals surface area contributed by atoms with E-state index in [0.29, 0.717) is 26.0 Å². The fraction of sp³-hybridized carbons (Fsp3) is 0.278. The zero-order valence-electron chi connectivity index (χ0n) is 12.4. The van der Waals surface area contributed by atoms with Crippen molar-refractivity contribution in [1.29, 1.82) is 0 Å². The number of benzene rings is 2. The summed E-state index contributed by atoms with van der Waals surface area (Å²) in [7, 11) is 0. The topological polar surface area (TPSA) is 38.3 Å². The second-order valence-electron chi connectivity index (χ2n) is 4.99. The summed E-state index contributed by atoms with van der Waals surface area (Å²) in [6, 6.07) is 17.9. The Morgan fingerprint density at radius 1 is 1.09 bits per heavy atom. The van der Waals surface area contributed by atoms with Crippen LogP contribution in [0, 0.1) is 0 Å². The van der Waals surface area contributed by atoms with Crippen molar-refractivity contribution in [2.75, 3.05) is 13.2 Å². The highest BCUT2D eigenvalue weighted by Crippen LogP contribution is 2.17. The van der Waals surface area contributed by atoms with Gasteiger partial charge in [0, 0.05) is 17.4 Å². The van der Waals surface area contributed by atoms with Gasteiger partial charge in [0.2, 0.25) is 5.91 Å². The first kappa shape index (κ1) is 16.6. The maximum atomic E-state index is 11.7. The van der Waals surface area contributed by atoms with E-state index in [-0.39, 0.29) is 5.91 Å². The number of hydrogen-bond acceptors (Lipinski definition) is 2. The number of rotatable bonds is 8. The van der Waals surface area contributed by atoms with Gasteiger partial charge in [0.15, 0.2) is 0 Å². The van der Waals surface area contributed by atoms with Crippen LogP contribution in [0.1, 0.15) is 18.4 Å². The molecule has 2 rings (SSSR count). The second kappa shape index (κ2) is 9.26. The van der Waals surface area contributed by atoms with Crippen molar-refractivity contribution < 1.29 is 9.53 Å². The Labute approximate surface area is 139 Å². The summed E-state index contributed by atoms with van der Waals surface area (Å²) in [5, 5.41) is 2.94. The molecule has 0 aliphatic heterocycles. The molecule has 0 aliphatic rings. The van der Waals surface area contributed by atoms with Crippen molar-refractivity contribution in [3.63, 3.8) is 0 Å². The van der Waals surface area contributed by atoms with E-state index in [1.807, 2.05) is 42.5 Å². The number of amides is 1. The van der Waals surface area contributed by atoms with E-state index in [1.54, 1.807) is 0 Å². The van der Waals surface area contributed by atoms with Crippen LogP contribution in [0.5, 0.6) is 5.75 Å². The number of carbonyl (C=O) groups excluding carboxylic acids is 1. The van der Waals surface area contributed by atoms with Crippen LogP contribution in [-0.4, -0.2) is 19.1 Å². The first-order valence-electron chi connectivity index (χ1n) is 7.43.